The van der Waals surface area contributed by atoms with E-state index in [4.69, 9.17) is 9.47 Å². The van der Waals surface area contributed by atoms with Crippen molar-refractivity contribution in [3.05, 3.63) is 48.5 Å². The standard InChI is InChI=1S/C18H22N2O3/c1-3-11-19-13-18(21)20-14-7-9-15(10-8-14)23-17-6-4-5-16(12-17)22-2/h4-10,12,19H,3,11,13H2,1-2H3,(H,20,21). The van der Waals surface area contributed by atoms with E-state index >= 15 is 0 Å². The van der Waals surface area contributed by atoms with Crippen molar-refractivity contribution in [3.8, 4) is 17.2 Å². The van der Waals surface area contributed by atoms with Gasteiger partial charge in [0.25, 0.3) is 0 Å². The second kappa shape index (κ2) is 8.80. The molecule has 1 amide bonds. The minimum Gasteiger partial charge on any atom is -0.497 e. The van der Waals surface area contributed by atoms with Crippen molar-refractivity contribution in [2.24, 2.45) is 0 Å². The molecule has 0 atom stereocenters. The van der Waals surface area contributed by atoms with Crippen molar-refractivity contribution in [2.45, 2.75) is 13.3 Å². The van der Waals surface area contributed by atoms with E-state index in [0.717, 1.165) is 24.4 Å². The van der Waals surface area contributed by atoms with Crippen LogP contribution in [0, 0.1) is 0 Å². The summed E-state index contributed by atoms with van der Waals surface area (Å²) in [6, 6.07) is 14.7. The van der Waals surface area contributed by atoms with Gasteiger partial charge >= 0.3 is 0 Å². The molecule has 0 spiro atoms. The highest BCUT2D eigenvalue weighted by Gasteiger charge is 2.03. The van der Waals surface area contributed by atoms with E-state index < -0.39 is 0 Å². The molecule has 0 saturated carbocycles. The van der Waals surface area contributed by atoms with Crippen molar-refractivity contribution in [1.29, 1.82) is 0 Å². The van der Waals surface area contributed by atoms with Crippen LogP contribution in [0.5, 0.6) is 17.2 Å². The number of hydrogen-bond acceptors (Lipinski definition) is 4. The second-order valence-corrected chi connectivity index (χ2v) is 5.03. The lowest BCUT2D eigenvalue weighted by atomic mass is 10.3. The van der Waals surface area contributed by atoms with Gasteiger partial charge in [0.15, 0.2) is 0 Å². The molecule has 0 aromatic heterocycles. The lowest BCUT2D eigenvalue weighted by molar-refractivity contribution is -0.115. The average molecular weight is 314 g/mol. The van der Waals surface area contributed by atoms with Crippen LogP contribution in [0.4, 0.5) is 5.69 Å². The lowest BCUT2D eigenvalue weighted by Gasteiger charge is -2.09. The highest BCUT2D eigenvalue weighted by Crippen LogP contribution is 2.26. The Kier molecular flexibility index (Phi) is 6.44. The molecular weight excluding hydrogens is 292 g/mol. The molecule has 2 rings (SSSR count). The van der Waals surface area contributed by atoms with Crippen LogP contribution in [0.2, 0.25) is 0 Å². The van der Waals surface area contributed by atoms with E-state index in [9.17, 15) is 4.79 Å². The zero-order valence-corrected chi connectivity index (χ0v) is 13.5. The molecule has 0 unspecified atom stereocenters. The molecule has 0 aliphatic rings. The molecule has 0 radical (unpaired) electrons. The number of rotatable bonds is 8. The Morgan fingerprint density at radius 1 is 1.04 bits per heavy atom. The van der Waals surface area contributed by atoms with E-state index in [0.29, 0.717) is 18.0 Å². The summed E-state index contributed by atoms with van der Waals surface area (Å²) >= 11 is 0. The summed E-state index contributed by atoms with van der Waals surface area (Å²) in [5, 5.41) is 5.89. The van der Waals surface area contributed by atoms with Gasteiger partial charge in [-0.2, -0.15) is 0 Å². The smallest absolute Gasteiger partial charge is 0.238 e. The van der Waals surface area contributed by atoms with E-state index in [1.165, 1.54) is 0 Å². The number of hydrogen-bond donors (Lipinski definition) is 2. The topological polar surface area (TPSA) is 59.6 Å². The van der Waals surface area contributed by atoms with Gasteiger partial charge in [0, 0.05) is 11.8 Å². The van der Waals surface area contributed by atoms with Crippen LogP contribution >= 0.6 is 0 Å². The van der Waals surface area contributed by atoms with Crippen LogP contribution < -0.4 is 20.1 Å². The molecule has 2 aromatic carbocycles. The first-order valence-electron chi connectivity index (χ1n) is 7.64. The van der Waals surface area contributed by atoms with Gasteiger partial charge in [-0.15, -0.1) is 0 Å². The molecule has 0 aliphatic heterocycles. The zero-order valence-electron chi connectivity index (χ0n) is 13.5. The summed E-state index contributed by atoms with van der Waals surface area (Å²) in [6.45, 7) is 3.21. The SMILES string of the molecule is CCCNCC(=O)Nc1ccc(Oc2cccc(OC)c2)cc1. The summed E-state index contributed by atoms with van der Waals surface area (Å²) in [4.78, 5) is 11.7. The van der Waals surface area contributed by atoms with Gasteiger partial charge in [-0.25, -0.2) is 0 Å². The molecular formula is C18H22N2O3. The fraction of sp³-hybridized carbons (Fsp3) is 0.278. The molecule has 0 bridgehead atoms. The highest BCUT2D eigenvalue weighted by molar-refractivity contribution is 5.92. The molecule has 0 heterocycles. The number of amides is 1. The Balaban J connectivity index is 1.90. The minimum absolute atomic E-state index is 0.0556. The van der Waals surface area contributed by atoms with Crippen molar-refractivity contribution in [2.75, 3.05) is 25.5 Å². The van der Waals surface area contributed by atoms with Crippen LogP contribution in [-0.2, 0) is 4.79 Å². The number of anilines is 1. The molecule has 122 valence electrons. The van der Waals surface area contributed by atoms with Crippen LogP contribution in [0.15, 0.2) is 48.5 Å². The van der Waals surface area contributed by atoms with Gasteiger partial charge in [0.1, 0.15) is 17.2 Å². The van der Waals surface area contributed by atoms with Gasteiger partial charge in [0.05, 0.1) is 13.7 Å². The maximum atomic E-state index is 11.7. The van der Waals surface area contributed by atoms with E-state index in [2.05, 4.69) is 17.6 Å². The van der Waals surface area contributed by atoms with E-state index in [1.54, 1.807) is 7.11 Å². The zero-order chi connectivity index (χ0) is 16.5. The van der Waals surface area contributed by atoms with Crippen molar-refractivity contribution < 1.29 is 14.3 Å². The summed E-state index contributed by atoms with van der Waals surface area (Å²) in [7, 11) is 1.62. The molecule has 23 heavy (non-hydrogen) atoms. The Labute approximate surface area is 136 Å². The molecule has 5 heteroatoms. The molecule has 2 N–H and O–H groups in total. The van der Waals surface area contributed by atoms with E-state index in [-0.39, 0.29) is 5.91 Å². The fourth-order valence-electron chi connectivity index (χ4n) is 1.99. The molecule has 0 saturated heterocycles. The lowest BCUT2D eigenvalue weighted by Crippen LogP contribution is -2.28. The van der Waals surface area contributed by atoms with Gasteiger partial charge in [-0.1, -0.05) is 13.0 Å². The third kappa shape index (κ3) is 5.64. The Hall–Kier alpha value is -2.53. The first kappa shape index (κ1) is 16.8. The largest absolute Gasteiger partial charge is 0.497 e. The van der Waals surface area contributed by atoms with Gasteiger partial charge in [-0.3, -0.25) is 4.79 Å². The first-order chi connectivity index (χ1) is 11.2. The third-order valence-electron chi connectivity index (χ3n) is 3.13. The molecule has 5 nitrogen and oxygen atoms in total. The Morgan fingerprint density at radius 3 is 2.48 bits per heavy atom. The van der Waals surface area contributed by atoms with Gasteiger partial charge in [0.2, 0.25) is 5.91 Å². The number of nitrogens with one attached hydrogen (secondary N) is 2. The average Bonchev–Trinajstić information content (AvgIpc) is 2.57. The minimum atomic E-state index is -0.0556. The van der Waals surface area contributed by atoms with Crippen molar-refractivity contribution in [1.82, 2.24) is 5.32 Å². The normalized spacial score (nSPS) is 10.2. The van der Waals surface area contributed by atoms with Crippen LogP contribution in [0.3, 0.4) is 0 Å². The van der Waals surface area contributed by atoms with Crippen molar-refractivity contribution >= 4 is 11.6 Å². The number of carbonyl (C=O) groups excluding carboxylic acids is 1. The Bertz CT molecular complexity index is 626. The summed E-state index contributed by atoms with van der Waals surface area (Å²) in [6.07, 6.45) is 1.00. The maximum Gasteiger partial charge on any atom is 0.238 e. The Morgan fingerprint density at radius 2 is 1.78 bits per heavy atom. The first-order valence-corrected chi connectivity index (χ1v) is 7.64. The number of ether oxygens (including phenoxy) is 2. The molecule has 0 aliphatic carbocycles. The second-order valence-electron chi connectivity index (χ2n) is 5.03. The monoisotopic (exact) mass is 314 g/mol. The highest BCUT2D eigenvalue weighted by atomic mass is 16.5. The van der Waals surface area contributed by atoms with Crippen LogP contribution in [0.25, 0.3) is 0 Å². The number of benzene rings is 2. The fourth-order valence-corrected chi connectivity index (χ4v) is 1.99. The predicted molar refractivity (Wildman–Crippen MR) is 91.3 cm³/mol. The maximum absolute atomic E-state index is 11.7. The predicted octanol–water partition coefficient (Wildman–Crippen LogP) is 3.43. The summed E-state index contributed by atoms with van der Waals surface area (Å²) < 4.78 is 10.9. The van der Waals surface area contributed by atoms with E-state index in [1.807, 2.05) is 48.5 Å². The number of carbonyl (C=O) groups is 1. The van der Waals surface area contributed by atoms with Gasteiger partial charge < -0.3 is 20.1 Å². The quantitative estimate of drug-likeness (QED) is 0.733. The summed E-state index contributed by atoms with van der Waals surface area (Å²) in [5.74, 6) is 2.08. The third-order valence-corrected chi connectivity index (χ3v) is 3.13. The van der Waals surface area contributed by atoms with Crippen molar-refractivity contribution in [3.63, 3.8) is 0 Å². The molecule has 2 aromatic rings. The number of methoxy groups -OCH3 is 1. The molecule has 0 fully saturated rings. The van der Waals surface area contributed by atoms with Crippen LogP contribution in [0.1, 0.15) is 13.3 Å². The summed E-state index contributed by atoms with van der Waals surface area (Å²) in [5.41, 5.74) is 0.742. The van der Waals surface area contributed by atoms with Gasteiger partial charge in [-0.05, 0) is 49.4 Å². The van der Waals surface area contributed by atoms with Crippen LogP contribution in [-0.4, -0.2) is 26.1 Å².